The van der Waals surface area contributed by atoms with Gasteiger partial charge in [-0.15, -0.1) is 0 Å². The maximum Gasteiger partial charge on any atom is 0.326 e. The summed E-state index contributed by atoms with van der Waals surface area (Å²) >= 11 is 0. The van der Waals surface area contributed by atoms with Crippen molar-refractivity contribution in [3.05, 3.63) is 35.5 Å². The third kappa shape index (κ3) is 3.17. The number of Topliss-reactive ketones (excluding diaryl/α,β-unsaturated/α-hetero) is 1. The maximum atomic E-state index is 12.5. The lowest BCUT2D eigenvalue weighted by Gasteiger charge is -2.27. The molecule has 1 saturated carbocycles. The van der Waals surface area contributed by atoms with Gasteiger partial charge < -0.3 is 9.72 Å². The van der Waals surface area contributed by atoms with Crippen LogP contribution in [-0.2, 0) is 16.0 Å². The molecule has 1 N–H and O–H groups in total. The van der Waals surface area contributed by atoms with Crippen LogP contribution in [0.4, 0.5) is 0 Å². The van der Waals surface area contributed by atoms with Crippen LogP contribution in [0.15, 0.2) is 24.4 Å². The fraction of sp³-hybridized carbons (Fsp3) is 0.450. The number of nitrogens with one attached hydrogen (secondary N) is 1. The maximum absolute atomic E-state index is 12.5. The first kappa shape index (κ1) is 17.2. The van der Waals surface area contributed by atoms with Gasteiger partial charge in [-0.2, -0.15) is 5.26 Å². The summed E-state index contributed by atoms with van der Waals surface area (Å²) in [7, 11) is 0. The fourth-order valence-electron chi connectivity index (χ4n) is 3.61. The molecule has 0 unspecified atom stereocenters. The molecule has 3 rings (SSSR count). The Kier molecular flexibility index (Phi) is 4.89. The van der Waals surface area contributed by atoms with E-state index in [-0.39, 0.29) is 12.4 Å². The van der Waals surface area contributed by atoms with E-state index in [9.17, 15) is 14.9 Å². The van der Waals surface area contributed by atoms with Gasteiger partial charge in [-0.05, 0) is 24.8 Å². The van der Waals surface area contributed by atoms with Gasteiger partial charge in [-0.1, -0.05) is 44.4 Å². The van der Waals surface area contributed by atoms with E-state index in [1.807, 2.05) is 18.2 Å². The molecule has 2 aromatic rings. The second-order valence-electron chi connectivity index (χ2n) is 6.65. The van der Waals surface area contributed by atoms with Crippen LogP contribution in [0, 0.1) is 16.7 Å². The smallest absolute Gasteiger partial charge is 0.326 e. The zero-order valence-electron chi connectivity index (χ0n) is 14.4. The van der Waals surface area contributed by atoms with Crippen molar-refractivity contribution in [3.8, 4) is 6.07 Å². The summed E-state index contributed by atoms with van der Waals surface area (Å²) in [5, 5.41) is 10.3. The zero-order valence-corrected chi connectivity index (χ0v) is 14.4. The summed E-state index contributed by atoms with van der Waals surface area (Å²) in [6, 6.07) is 7.96. The van der Waals surface area contributed by atoms with Gasteiger partial charge in [-0.3, -0.25) is 9.59 Å². The predicted octanol–water partition coefficient (Wildman–Crippen LogP) is 3.93. The third-order valence-electron chi connectivity index (χ3n) is 5.13. The van der Waals surface area contributed by atoms with Gasteiger partial charge in [0, 0.05) is 22.7 Å². The number of para-hydroxylation sites is 1. The first-order valence-electron chi connectivity index (χ1n) is 8.82. The number of aromatic nitrogens is 1. The van der Waals surface area contributed by atoms with Gasteiger partial charge in [0.1, 0.15) is 0 Å². The Labute approximate surface area is 147 Å². The summed E-state index contributed by atoms with van der Waals surface area (Å²) < 4.78 is 5.24. The second kappa shape index (κ2) is 7.10. The summed E-state index contributed by atoms with van der Waals surface area (Å²) in [5.41, 5.74) is 1.53. The molecule has 0 radical (unpaired) electrons. The van der Waals surface area contributed by atoms with Crippen molar-refractivity contribution in [2.24, 2.45) is 5.41 Å². The Morgan fingerprint density at radius 3 is 2.72 bits per heavy atom. The number of benzene rings is 1. The number of aromatic amines is 1. The van der Waals surface area contributed by atoms with Crippen molar-refractivity contribution in [2.45, 2.75) is 45.4 Å². The number of hydrogen-bond acceptors (Lipinski definition) is 4. The van der Waals surface area contributed by atoms with Gasteiger partial charge in [0.2, 0.25) is 5.78 Å². The van der Waals surface area contributed by atoms with Gasteiger partial charge in [0.15, 0.2) is 12.0 Å². The average molecular weight is 338 g/mol. The molecule has 0 aliphatic heterocycles. The number of hydrogen-bond donors (Lipinski definition) is 1. The number of rotatable bonds is 5. The van der Waals surface area contributed by atoms with Crippen LogP contribution in [0.1, 0.15) is 54.9 Å². The molecular formula is C20H22N2O3. The van der Waals surface area contributed by atoms with Crippen LogP contribution in [0.3, 0.4) is 0 Å². The summed E-state index contributed by atoms with van der Waals surface area (Å²) in [5.74, 6) is -0.811. The van der Waals surface area contributed by atoms with Crippen LogP contribution in [0.25, 0.3) is 10.9 Å². The molecule has 0 spiro atoms. The lowest BCUT2D eigenvalue weighted by atomic mass is 9.75. The Morgan fingerprint density at radius 2 is 2.04 bits per heavy atom. The minimum absolute atomic E-state index is 0.253. The zero-order chi connectivity index (χ0) is 17.9. The van der Waals surface area contributed by atoms with Crippen LogP contribution >= 0.6 is 0 Å². The minimum atomic E-state index is -1.08. The molecule has 1 heterocycles. The lowest BCUT2D eigenvalue weighted by Crippen LogP contribution is -2.34. The molecule has 1 aromatic heterocycles. The van der Waals surface area contributed by atoms with E-state index >= 15 is 0 Å². The molecule has 1 aliphatic rings. The highest BCUT2D eigenvalue weighted by molar-refractivity contribution is 6.09. The highest BCUT2D eigenvalue weighted by atomic mass is 16.5. The molecular weight excluding hydrogens is 316 g/mol. The average Bonchev–Trinajstić information content (AvgIpc) is 3.10. The van der Waals surface area contributed by atoms with Crippen LogP contribution in [0.2, 0.25) is 0 Å². The topological polar surface area (TPSA) is 82.9 Å². The normalized spacial score (nSPS) is 16.3. The van der Waals surface area contributed by atoms with Crippen molar-refractivity contribution in [1.29, 1.82) is 5.26 Å². The first-order chi connectivity index (χ1) is 12.1. The Bertz CT molecular complexity index is 838. The molecule has 0 amide bonds. The molecule has 0 bridgehead atoms. The predicted molar refractivity (Wildman–Crippen MR) is 94.1 cm³/mol. The van der Waals surface area contributed by atoms with Crippen molar-refractivity contribution >= 4 is 22.7 Å². The number of ketones is 1. The fourth-order valence-corrected chi connectivity index (χ4v) is 3.61. The standard InChI is InChI=1S/C20H22N2O3/c1-2-14-7-6-8-15-16(11-22-18(14)15)17(23)12-25-19(24)20(13-21)9-4-3-5-10-20/h6-8,11,22H,2-5,9-10,12H2,1H3. The molecule has 0 saturated heterocycles. The highest BCUT2D eigenvalue weighted by Crippen LogP contribution is 2.36. The van der Waals surface area contributed by atoms with Gasteiger partial charge >= 0.3 is 5.97 Å². The van der Waals surface area contributed by atoms with E-state index in [2.05, 4.69) is 18.0 Å². The monoisotopic (exact) mass is 338 g/mol. The molecule has 0 atom stereocenters. The SMILES string of the molecule is CCc1cccc2c(C(=O)COC(=O)C3(C#N)CCCCC3)c[nH]c12. The first-order valence-corrected chi connectivity index (χ1v) is 8.82. The molecule has 5 nitrogen and oxygen atoms in total. The molecule has 130 valence electrons. The number of H-pyrrole nitrogens is 1. The molecule has 1 fully saturated rings. The van der Waals surface area contributed by atoms with E-state index in [1.54, 1.807) is 6.20 Å². The number of esters is 1. The van der Waals surface area contributed by atoms with Gasteiger partial charge in [0.25, 0.3) is 0 Å². The van der Waals surface area contributed by atoms with Crippen molar-refractivity contribution < 1.29 is 14.3 Å². The minimum Gasteiger partial charge on any atom is -0.456 e. The van der Waals surface area contributed by atoms with E-state index in [0.717, 1.165) is 42.1 Å². The van der Waals surface area contributed by atoms with Crippen molar-refractivity contribution in [3.63, 3.8) is 0 Å². The summed E-state index contributed by atoms with van der Waals surface area (Å²) in [6.07, 6.45) is 6.29. The number of ether oxygens (including phenoxy) is 1. The number of aryl methyl sites for hydroxylation is 1. The van der Waals surface area contributed by atoms with E-state index < -0.39 is 11.4 Å². The van der Waals surface area contributed by atoms with Crippen LogP contribution in [-0.4, -0.2) is 23.3 Å². The van der Waals surface area contributed by atoms with Crippen molar-refractivity contribution in [1.82, 2.24) is 4.98 Å². The Balaban J connectivity index is 1.73. The summed E-state index contributed by atoms with van der Waals surface area (Å²) in [4.78, 5) is 28.0. The molecule has 5 heteroatoms. The molecule has 1 aliphatic carbocycles. The number of carbonyl (C=O) groups is 2. The number of fused-ring (bicyclic) bond motifs is 1. The quantitative estimate of drug-likeness (QED) is 0.661. The van der Waals surface area contributed by atoms with Crippen LogP contribution in [0.5, 0.6) is 0 Å². The second-order valence-corrected chi connectivity index (χ2v) is 6.65. The van der Waals surface area contributed by atoms with Crippen LogP contribution < -0.4 is 0 Å². The summed E-state index contributed by atoms with van der Waals surface area (Å²) in [6.45, 7) is 1.73. The van der Waals surface area contributed by atoms with E-state index in [1.165, 1.54) is 0 Å². The number of nitrogens with zero attached hydrogens (tertiary/aromatic N) is 1. The lowest BCUT2D eigenvalue weighted by molar-refractivity contribution is -0.152. The molecule has 25 heavy (non-hydrogen) atoms. The number of nitriles is 1. The Hall–Kier alpha value is -2.61. The van der Waals surface area contributed by atoms with Gasteiger partial charge in [-0.25, -0.2) is 0 Å². The van der Waals surface area contributed by atoms with E-state index in [4.69, 9.17) is 4.74 Å². The van der Waals surface area contributed by atoms with Crippen molar-refractivity contribution in [2.75, 3.05) is 6.61 Å². The third-order valence-corrected chi connectivity index (χ3v) is 5.13. The largest absolute Gasteiger partial charge is 0.456 e. The molecule has 1 aromatic carbocycles. The Morgan fingerprint density at radius 1 is 1.28 bits per heavy atom. The number of carbonyl (C=O) groups excluding carboxylic acids is 2. The van der Waals surface area contributed by atoms with E-state index in [0.29, 0.717) is 18.4 Å². The highest BCUT2D eigenvalue weighted by Gasteiger charge is 2.41. The van der Waals surface area contributed by atoms with Gasteiger partial charge in [0.05, 0.1) is 6.07 Å².